The zero-order valence-corrected chi connectivity index (χ0v) is 18.3. The molecule has 30 heavy (non-hydrogen) atoms. The van der Waals surface area contributed by atoms with Crippen LogP contribution in [-0.2, 0) is 11.3 Å². The number of morpholine rings is 1. The summed E-state index contributed by atoms with van der Waals surface area (Å²) in [6.07, 6.45) is 4.98. The van der Waals surface area contributed by atoms with Crippen molar-refractivity contribution < 1.29 is 9.53 Å². The first-order chi connectivity index (χ1) is 14.6. The number of benzene rings is 1. The van der Waals surface area contributed by atoms with Crippen molar-refractivity contribution in [2.24, 2.45) is 0 Å². The lowest BCUT2D eigenvalue weighted by Gasteiger charge is -2.29. The number of hydrogen-bond acceptors (Lipinski definition) is 5. The van der Waals surface area contributed by atoms with E-state index < -0.39 is 0 Å². The molecule has 2 fully saturated rings. The van der Waals surface area contributed by atoms with Gasteiger partial charge in [-0.2, -0.15) is 0 Å². The van der Waals surface area contributed by atoms with E-state index in [-0.39, 0.29) is 5.91 Å². The standard InChI is InChI=1S/C23H29ClN4O2/c1-26(17-18-5-7-20(8-6-18)27-11-13-30-14-12-27)22-21(24)15-19(16-25-22)23(29)28-9-3-2-4-10-28/h5-8,15-16H,2-4,9-14,17H2,1H3. The fourth-order valence-corrected chi connectivity index (χ4v) is 4.40. The Morgan fingerprint density at radius 1 is 1.10 bits per heavy atom. The van der Waals surface area contributed by atoms with Crippen LogP contribution < -0.4 is 9.80 Å². The second-order valence-electron chi connectivity index (χ2n) is 8.00. The first kappa shape index (κ1) is 20.9. The molecule has 0 spiro atoms. The van der Waals surface area contributed by atoms with Crippen LogP contribution in [0, 0.1) is 0 Å². The summed E-state index contributed by atoms with van der Waals surface area (Å²) in [5.41, 5.74) is 2.97. The monoisotopic (exact) mass is 428 g/mol. The fraction of sp³-hybridized carbons (Fsp3) is 0.478. The second-order valence-corrected chi connectivity index (χ2v) is 8.41. The van der Waals surface area contributed by atoms with Gasteiger partial charge in [0.1, 0.15) is 5.82 Å². The molecule has 2 aromatic rings. The van der Waals surface area contributed by atoms with Gasteiger partial charge >= 0.3 is 0 Å². The van der Waals surface area contributed by atoms with Gasteiger partial charge in [0, 0.05) is 51.7 Å². The van der Waals surface area contributed by atoms with Crippen LogP contribution in [0.25, 0.3) is 0 Å². The average Bonchev–Trinajstić information content (AvgIpc) is 2.80. The lowest BCUT2D eigenvalue weighted by molar-refractivity contribution is 0.0724. The molecule has 2 aliphatic rings. The first-order valence-corrected chi connectivity index (χ1v) is 11.1. The van der Waals surface area contributed by atoms with Crippen molar-refractivity contribution in [3.8, 4) is 0 Å². The summed E-state index contributed by atoms with van der Waals surface area (Å²) in [6.45, 7) is 5.75. The number of pyridine rings is 1. The fourth-order valence-electron chi connectivity index (χ4n) is 4.09. The number of aromatic nitrogens is 1. The van der Waals surface area contributed by atoms with Gasteiger partial charge < -0.3 is 19.4 Å². The van der Waals surface area contributed by atoms with Gasteiger partial charge in [-0.05, 0) is 43.0 Å². The van der Waals surface area contributed by atoms with Crippen molar-refractivity contribution in [3.63, 3.8) is 0 Å². The third kappa shape index (κ3) is 4.87. The van der Waals surface area contributed by atoms with E-state index in [1.54, 1.807) is 12.3 Å². The van der Waals surface area contributed by atoms with Crippen molar-refractivity contribution >= 4 is 29.0 Å². The largest absolute Gasteiger partial charge is 0.378 e. The van der Waals surface area contributed by atoms with E-state index in [0.717, 1.165) is 52.2 Å². The zero-order valence-electron chi connectivity index (χ0n) is 17.5. The number of carbonyl (C=O) groups is 1. The van der Waals surface area contributed by atoms with E-state index in [2.05, 4.69) is 34.1 Å². The van der Waals surface area contributed by atoms with Gasteiger partial charge in [-0.1, -0.05) is 23.7 Å². The average molecular weight is 429 g/mol. The number of ether oxygens (including phenoxy) is 1. The van der Waals surface area contributed by atoms with E-state index in [1.807, 2.05) is 16.8 Å². The highest BCUT2D eigenvalue weighted by Crippen LogP contribution is 2.26. The molecule has 0 saturated carbocycles. The second kappa shape index (κ2) is 9.67. The number of hydrogen-bond donors (Lipinski definition) is 0. The third-order valence-corrected chi connectivity index (χ3v) is 6.08. The Labute approximate surface area is 183 Å². The maximum Gasteiger partial charge on any atom is 0.255 e. The van der Waals surface area contributed by atoms with Crippen LogP contribution in [0.15, 0.2) is 36.5 Å². The van der Waals surface area contributed by atoms with Crippen molar-refractivity contribution in [1.29, 1.82) is 0 Å². The molecule has 160 valence electrons. The highest BCUT2D eigenvalue weighted by molar-refractivity contribution is 6.33. The molecule has 0 atom stereocenters. The minimum absolute atomic E-state index is 0.0250. The molecular formula is C23H29ClN4O2. The quantitative estimate of drug-likeness (QED) is 0.724. The predicted molar refractivity (Wildman–Crippen MR) is 121 cm³/mol. The van der Waals surface area contributed by atoms with E-state index in [4.69, 9.17) is 16.3 Å². The number of piperidine rings is 1. The Balaban J connectivity index is 1.40. The molecule has 3 heterocycles. The Morgan fingerprint density at radius 2 is 1.80 bits per heavy atom. The lowest BCUT2D eigenvalue weighted by atomic mass is 10.1. The van der Waals surface area contributed by atoms with Crippen LogP contribution in [-0.4, -0.2) is 62.2 Å². The maximum absolute atomic E-state index is 12.7. The highest BCUT2D eigenvalue weighted by atomic mass is 35.5. The molecule has 2 aliphatic heterocycles. The Bertz CT molecular complexity index is 862. The number of anilines is 2. The molecular weight excluding hydrogens is 400 g/mol. The topological polar surface area (TPSA) is 48.9 Å². The van der Waals surface area contributed by atoms with Crippen LogP contribution in [0.5, 0.6) is 0 Å². The number of amides is 1. The molecule has 0 radical (unpaired) electrons. The van der Waals surface area contributed by atoms with Crippen molar-refractivity contribution in [2.45, 2.75) is 25.8 Å². The van der Waals surface area contributed by atoms with Gasteiger partial charge in [-0.3, -0.25) is 4.79 Å². The van der Waals surface area contributed by atoms with Crippen LogP contribution in [0.2, 0.25) is 5.02 Å². The number of likely N-dealkylation sites (tertiary alicyclic amines) is 1. The molecule has 6 nitrogen and oxygen atoms in total. The number of halogens is 1. The molecule has 0 N–H and O–H groups in total. The van der Waals surface area contributed by atoms with E-state index in [1.165, 1.54) is 17.7 Å². The number of rotatable bonds is 5. The maximum atomic E-state index is 12.7. The van der Waals surface area contributed by atoms with E-state index in [9.17, 15) is 4.79 Å². The Kier molecular flexibility index (Phi) is 6.75. The molecule has 7 heteroatoms. The molecule has 1 amide bonds. The molecule has 1 aromatic carbocycles. The van der Waals surface area contributed by atoms with Crippen molar-refractivity contribution in [2.75, 3.05) is 56.2 Å². The highest BCUT2D eigenvalue weighted by Gasteiger charge is 2.20. The Hall–Kier alpha value is -2.31. The molecule has 0 unspecified atom stereocenters. The summed E-state index contributed by atoms with van der Waals surface area (Å²) >= 11 is 6.51. The summed E-state index contributed by atoms with van der Waals surface area (Å²) in [4.78, 5) is 23.4. The van der Waals surface area contributed by atoms with E-state index >= 15 is 0 Å². The summed E-state index contributed by atoms with van der Waals surface area (Å²) in [5, 5.41) is 0.505. The van der Waals surface area contributed by atoms with E-state index in [0.29, 0.717) is 22.9 Å². The molecule has 2 saturated heterocycles. The number of carbonyl (C=O) groups excluding carboxylic acids is 1. The van der Waals surface area contributed by atoms with Gasteiger partial charge in [0.2, 0.25) is 0 Å². The molecule has 0 aliphatic carbocycles. The predicted octanol–water partition coefficient (Wildman–Crippen LogP) is 3.83. The summed E-state index contributed by atoms with van der Waals surface area (Å²) < 4.78 is 5.42. The third-order valence-electron chi connectivity index (χ3n) is 5.81. The van der Waals surface area contributed by atoms with Gasteiger partial charge in [-0.15, -0.1) is 0 Å². The summed E-state index contributed by atoms with van der Waals surface area (Å²) in [5.74, 6) is 0.709. The zero-order chi connectivity index (χ0) is 20.9. The Morgan fingerprint density at radius 3 is 2.47 bits per heavy atom. The molecule has 0 bridgehead atoms. The SMILES string of the molecule is CN(Cc1ccc(N2CCOCC2)cc1)c1ncc(C(=O)N2CCCCC2)cc1Cl. The lowest BCUT2D eigenvalue weighted by Crippen LogP contribution is -2.36. The van der Waals surface area contributed by atoms with Crippen LogP contribution in [0.4, 0.5) is 11.5 Å². The summed E-state index contributed by atoms with van der Waals surface area (Å²) in [6, 6.07) is 10.3. The number of nitrogens with zero attached hydrogens (tertiary/aromatic N) is 4. The minimum Gasteiger partial charge on any atom is -0.378 e. The smallest absolute Gasteiger partial charge is 0.255 e. The first-order valence-electron chi connectivity index (χ1n) is 10.7. The molecule has 4 rings (SSSR count). The van der Waals surface area contributed by atoms with Gasteiger partial charge in [0.05, 0.1) is 23.8 Å². The van der Waals surface area contributed by atoms with Crippen molar-refractivity contribution in [3.05, 3.63) is 52.7 Å². The van der Waals surface area contributed by atoms with Gasteiger partial charge in [0.15, 0.2) is 0 Å². The van der Waals surface area contributed by atoms with Gasteiger partial charge in [0.25, 0.3) is 5.91 Å². The van der Waals surface area contributed by atoms with Crippen LogP contribution >= 0.6 is 11.6 Å². The minimum atomic E-state index is 0.0250. The van der Waals surface area contributed by atoms with Crippen LogP contribution in [0.3, 0.4) is 0 Å². The van der Waals surface area contributed by atoms with Gasteiger partial charge in [-0.25, -0.2) is 4.98 Å². The van der Waals surface area contributed by atoms with Crippen LogP contribution in [0.1, 0.15) is 35.2 Å². The summed E-state index contributed by atoms with van der Waals surface area (Å²) in [7, 11) is 1.97. The molecule has 1 aromatic heterocycles. The van der Waals surface area contributed by atoms with Crippen molar-refractivity contribution in [1.82, 2.24) is 9.88 Å². The normalized spacial score (nSPS) is 17.1.